The lowest BCUT2D eigenvalue weighted by Crippen LogP contribution is -2.46. The minimum absolute atomic E-state index is 0.0149. The van der Waals surface area contributed by atoms with Crippen LogP contribution in [0.5, 0.6) is 0 Å². The summed E-state index contributed by atoms with van der Waals surface area (Å²) < 4.78 is 53.0. The lowest BCUT2D eigenvalue weighted by atomic mass is 10.1. The van der Waals surface area contributed by atoms with E-state index in [-0.39, 0.29) is 22.8 Å². The lowest BCUT2D eigenvalue weighted by Gasteiger charge is -2.28. The van der Waals surface area contributed by atoms with E-state index in [1.54, 1.807) is 0 Å². The monoisotopic (exact) mass is 445 g/mol. The zero-order chi connectivity index (χ0) is 22.4. The van der Waals surface area contributed by atoms with Gasteiger partial charge in [-0.3, -0.25) is 14.5 Å². The number of halogens is 5. The number of amides is 2. The maximum Gasteiger partial charge on any atom is 0.416 e. The minimum atomic E-state index is -4.69. The maximum atomic E-state index is 13.4. The number of hydrogen-bond acceptors (Lipinski definition) is 4. The molecular formula is C19H16ClF4N3O3. The largest absolute Gasteiger partial charge is 0.416 e. The molecule has 0 saturated carbocycles. The van der Waals surface area contributed by atoms with Crippen LogP contribution in [0.4, 0.5) is 29.1 Å². The summed E-state index contributed by atoms with van der Waals surface area (Å²) in [6.07, 6.45) is -6.61. The number of aryl methyl sites for hydroxylation is 1. The SMILES string of the molecule is Cc1cc(C(F)(F)F)cc(N2C(=O)C(O)CC2C(=O)N(C)c2ccc(F)c(Cl)c2)n1. The molecule has 0 aliphatic carbocycles. The van der Waals surface area contributed by atoms with Crippen molar-refractivity contribution in [1.82, 2.24) is 4.98 Å². The second kappa shape index (κ2) is 7.84. The number of aliphatic hydroxyl groups excluding tert-OH is 1. The molecule has 6 nitrogen and oxygen atoms in total. The molecule has 1 aromatic heterocycles. The zero-order valence-electron chi connectivity index (χ0n) is 15.7. The van der Waals surface area contributed by atoms with Crippen LogP contribution in [0.15, 0.2) is 30.3 Å². The van der Waals surface area contributed by atoms with E-state index in [0.29, 0.717) is 6.07 Å². The maximum absolute atomic E-state index is 13.4. The first-order valence-corrected chi connectivity index (χ1v) is 9.07. The molecule has 2 amide bonds. The molecule has 1 aliphatic rings. The Hall–Kier alpha value is -2.72. The summed E-state index contributed by atoms with van der Waals surface area (Å²) in [6, 6.07) is 3.67. The number of carbonyl (C=O) groups excluding carboxylic acids is 2. The molecule has 0 radical (unpaired) electrons. The molecule has 1 aromatic carbocycles. The molecule has 3 rings (SSSR count). The van der Waals surface area contributed by atoms with Crippen molar-refractivity contribution in [2.45, 2.75) is 31.7 Å². The molecule has 1 fully saturated rings. The number of aliphatic hydroxyl groups is 1. The predicted molar refractivity (Wildman–Crippen MR) is 101 cm³/mol. The number of benzene rings is 1. The molecule has 2 aromatic rings. The molecule has 1 aliphatic heterocycles. The third-order valence-corrected chi connectivity index (χ3v) is 4.99. The van der Waals surface area contributed by atoms with E-state index in [4.69, 9.17) is 11.6 Å². The third kappa shape index (κ3) is 4.10. The molecular weight excluding hydrogens is 430 g/mol. The Labute approximate surface area is 173 Å². The molecule has 11 heteroatoms. The van der Waals surface area contributed by atoms with Crippen LogP contribution in [0.25, 0.3) is 0 Å². The van der Waals surface area contributed by atoms with Gasteiger partial charge in [-0.25, -0.2) is 9.37 Å². The highest BCUT2D eigenvalue weighted by Crippen LogP contribution is 2.35. The third-order valence-electron chi connectivity index (χ3n) is 4.70. The van der Waals surface area contributed by atoms with E-state index in [0.717, 1.165) is 21.9 Å². The van der Waals surface area contributed by atoms with Gasteiger partial charge < -0.3 is 10.0 Å². The summed E-state index contributed by atoms with van der Waals surface area (Å²) in [7, 11) is 1.34. The smallest absolute Gasteiger partial charge is 0.383 e. The predicted octanol–water partition coefficient (Wildman–Crippen LogP) is 3.33. The van der Waals surface area contributed by atoms with E-state index in [1.807, 2.05) is 0 Å². The van der Waals surface area contributed by atoms with Crippen molar-refractivity contribution in [1.29, 1.82) is 0 Å². The van der Waals surface area contributed by atoms with Crippen LogP contribution in [-0.4, -0.2) is 41.1 Å². The number of rotatable bonds is 3. The van der Waals surface area contributed by atoms with Crippen molar-refractivity contribution in [3.05, 3.63) is 52.4 Å². The molecule has 2 atom stereocenters. The van der Waals surface area contributed by atoms with Gasteiger partial charge in [-0.15, -0.1) is 0 Å². The highest BCUT2D eigenvalue weighted by atomic mass is 35.5. The van der Waals surface area contributed by atoms with Crippen LogP contribution in [0.1, 0.15) is 17.7 Å². The molecule has 1 N–H and O–H groups in total. The fraction of sp³-hybridized carbons (Fsp3) is 0.316. The van der Waals surface area contributed by atoms with Crippen LogP contribution < -0.4 is 9.80 Å². The van der Waals surface area contributed by atoms with Crippen molar-refractivity contribution in [3.8, 4) is 0 Å². The summed E-state index contributed by atoms with van der Waals surface area (Å²) >= 11 is 5.74. The summed E-state index contributed by atoms with van der Waals surface area (Å²) in [4.78, 5) is 31.3. The second-order valence-electron chi connectivity index (χ2n) is 6.82. The van der Waals surface area contributed by atoms with Gasteiger partial charge in [0.25, 0.3) is 5.91 Å². The van der Waals surface area contributed by atoms with Crippen molar-refractivity contribution in [2.24, 2.45) is 0 Å². The fourth-order valence-electron chi connectivity index (χ4n) is 3.20. The van der Waals surface area contributed by atoms with Crippen molar-refractivity contribution in [3.63, 3.8) is 0 Å². The zero-order valence-corrected chi connectivity index (χ0v) is 16.5. The number of alkyl halides is 3. The summed E-state index contributed by atoms with van der Waals surface area (Å²) in [5, 5.41) is 9.76. The van der Waals surface area contributed by atoms with Crippen LogP contribution >= 0.6 is 11.6 Å². The summed E-state index contributed by atoms with van der Waals surface area (Å²) in [5.41, 5.74) is -0.851. The van der Waals surface area contributed by atoms with Gasteiger partial charge in [0.05, 0.1) is 10.6 Å². The van der Waals surface area contributed by atoms with Crippen LogP contribution in [-0.2, 0) is 15.8 Å². The molecule has 1 saturated heterocycles. The Balaban J connectivity index is 2.00. The highest BCUT2D eigenvalue weighted by molar-refractivity contribution is 6.31. The molecule has 0 bridgehead atoms. The Morgan fingerprint density at radius 2 is 1.97 bits per heavy atom. The topological polar surface area (TPSA) is 73.7 Å². The number of carbonyl (C=O) groups is 2. The van der Waals surface area contributed by atoms with Gasteiger partial charge in [-0.1, -0.05) is 11.6 Å². The van der Waals surface area contributed by atoms with Gasteiger partial charge in [0.15, 0.2) is 0 Å². The molecule has 2 unspecified atom stereocenters. The van der Waals surface area contributed by atoms with Crippen LogP contribution in [0.3, 0.4) is 0 Å². The number of aromatic nitrogens is 1. The lowest BCUT2D eigenvalue weighted by molar-refractivity contribution is -0.137. The Morgan fingerprint density at radius 1 is 1.30 bits per heavy atom. The van der Waals surface area contributed by atoms with Gasteiger partial charge in [0.1, 0.15) is 23.8 Å². The molecule has 0 spiro atoms. The first kappa shape index (κ1) is 22.0. The van der Waals surface area contributed by atoms with Crippen LogP contribution in [0, 0.1) is 12.7 Å². The van der Waals surface area contributed by atoms with E-state index in [9.17, 15) is 32.3 Å². The number of likely N-dealkylation sites (N-methyl/N-ethyl adjacent to an activating group) is 1. The van der Waals surface area contributed by atoms with Gasteiger partial charge in [0, 0.05) is 24.8 Å². The molecule has 160 valence electrons. The van der Waals surface area contributed by atoms with Gasteiger partial charge in [-0.2, -0.15) is 13.2 Å². The van der Waals surface area contributed by atoms with E-state index in [2.05, 4.69) is 4.98 Å². The second-order valence-corrected chi connectivity index (χ2v) is 7.23. The Bertz CT molecular complexity index is 1020. The Morgan fingerprint density at radius 3 is 2.57 bits per heavy atom. The fourth-order valence-corrected chi connectivity index (χ4v) is 3.37. The van der Waals surface area contributed by atoms with Crippen molar-refractivity contribution < 1.29 is 32.3 Å². The van der Waals surface area contributed by atoms with Gasteiger partial charge in [-0.05, 0) is 37.3 Å². The molecule has 30 heavy (non-hydrogen) atoms. The molecule has 2 heterocycles. The number of pyridine rings is 1. The number of nitrogens with zero attached hydrogens (tertiary/aromatic N) is 3. The first-order chi connectivity index (χ1) is 13.9. The number of anilines is 2. The first-order valence-electron chi connectivity index (χ1n) is 8.69. The standard InChI is InChI=1S/C19H16ClF4N3O3/c1-9-5-10(19(22,23)24)6-16(25-9)27-14(8-15(28)18(27)30)17(29)26(2)11-3-4-13(21)12(20)7-11/h3-7,14-15,28H,8H2,1-2H3. The summed E-state index contributed by atoms with van der Waals surface area (Å²) in [6.45, 7) is 1.32. The Kier molecular flexibility index (Phi) is 5.74. The van der Waals surface area contributed by atoms with E-state index >= 15 is 0 Å². The van der Waals surface area contributed by atoms with E-state index in [1.165, 1.54) is 26.1 Å². The quantitative estimate of drug-likeness (QED) is 0.735. The van der Waals surface area contributed by atoms with Crippen LogP contribution in [0.2, 0.25) is 5.02 Å². The average molecular weight is 446 g/mol. The number of hydrogen-bond donors (Lipinski definition) is 1. The minimum Gasteiger partial charge on any atom is -0.383 e. The van der Waals surface area contributed by atoms with Gasteiger partial charge in [0.2, 0.25) is 5.91 Å². The highest BCUT2D eigenvalue weighted by Gasteiger charge is 2.46. The average Bonchev–Trinajstić information content (AvgIpc) is 2.96. The summed E-state index contributed by atoms with van der Waals surface area (Å²) in [5.74, 6) is -2.74. The normalized spacial score (nSPS) is 19.3. The van der Waals surface area contributed by atoms with Crippen molar-refractivity contribution >= 4 is 34.9 Å². The van der Waals surface area contributed by atoms with Gasteiger partial charge >= 0.3 is 6.18 Å². The van der Waals surface area contributed by atoms with E-state index < -0.39 is 47.3 Å². The van der Waals surface area contributed by atoms with Crippen molar-refractivity contribution in [2.75, 3.05) is 16.8 Å².